The molecule has 2 N–H and O–H groups in total. The molecule has 2 rings (SSSR count). The van der Waals surface area contributed by atoms with Gasteiger partial charge in [0.15, 0.2) is 0 Å². The number of likely N-dealkylation sites (tertiary alicyclic amines) is 1. The van der Waals surface area contributed by atoms with Gasteiger partial charge in [-0.25, -0.2) is 9.78 Å². The highest BCUT2D eigenvalue weighted by Gasteiger charge is 2.31. The Morgan fingerprint density at radius 3 is 3.00 bits per heavy atom. The van der Waals surface area contributed by atoms with Crippen molar-refractivity contribution in [2.24, 2.45) is 0 Å². The molecule has 1 aromatic rings. The summed E-state index contributed by atoms with van der Waals surface area (Å²) in [6, 6.07) is -0.556. The van der Waals surface area contributed by atoms with Gasteiger partial charge in [-0.05, 0) is 26.7 Å². The summed E-state index contributed by atoms with van der Waals surface area (Å²) in [5.74, 6) is -0.863. The Morgan fingerprint density at radius 1 is 1.65 bits per heavy atom. The number of thiazole rings is 1. The Labute approximate surface area is 121 Å². The third-order valence-electron chi connectivity index (χ3n) is 3.40. The van der Waals surface area contributed by atoms with E-state index in [0.717, 1.165) is 22.7 Å². The van der Waals surface area contributed by atoms with Gasteiger partial charge in [-0.15, -0.1) is 11.3 Å². The highest BCUT2D eigenvalue weighted by Crippen LogP contribution is 2.23. The number of aryl methyl sites for hydroxylation is 1. The number of nitrogens with one attached hydrogen (secondary N) is 1. The van der Waals surface area contributed by atoms with Crippen molar-refractivity contribution >= 4 is 23.3 Å². The van der Waals surface area contributed by atoms with Gasteiger partial charge >= 0.3 is 12.0 Å². The van der Waals surface area contributed by atoms with E-state index in [1.54, 1.807) is 22.4 Å². The lowest BCUT2D eigenvalue weighted by molar-refractivity contribution is -0.137. The second kappa shape index (κ2) is 6.21. The van der Waals surface area contributed by atoms with Crippen LogP contribution in [0.1, 0.15) is 42.1 Å². The highest BCUT2D eigenvalue weighted by atomic mass is 32.1. The quantitative estimate of drug-likeness (QED) is 0.892. The lowest BCUT2D eigenvalue weighted by Crippen LogP contribution is -2.44. The van der Waals surface area contributed by atoms with Crippen molar-refractivity contribution in [2.75, 3.05) is 6.54 Å². The number of carboxylic acids is 1. The summed E-state index contributed by atoms with van der Waals surface area (Å²) in [5.41, 5.74) is 0. The molecule has 110 valence electrons. The standard InChI is InChI=1S/C13H19N3O3S/c1-8-7-14-12(20-8)9(2)15-13(19)16-5-3-4-10(16)6-11(17)18/h7,9-10H,3-6H2,1-2H3,(H,15,19)(H,17,18). The number of carbonyl (C=O) groups excluding carboxylic acids is 1. The molecule has 2 heterocycles. The van der Waals surface area contributed by atoms with Crippen LogP contribution in [0.25, 0.3) is 0 Å². The number of rotatable bonds is 4. The van der Waals surface area contributed by atoms with Crippen LogP contribution in [0.3, 0.4) is 0 Å². The summed E-state index contributed by atoms with van der Waals surface area (Å²) < 4.78 is 0. The third kappa shape index (κ3) is 3.47. The zero-order valence-electron chi connectivity index (χ0n) is 11.6. The topological polar surface area (TPSA) is 82.5 Å². The smallest absolute Gasteiger partial charge is 0.318 e. The number of carboxylic acid groups (broad SMARTS) is 1. The number of aliphatic carboxylic acids is 1. The number of nitrogens with zero attached hydrogens (tertiary/aromatic N) is 2. The largest absolute Gasteiger partial charge is 0.481 e. The molecule has 1 saturated heterocycles. The van der Waals surface area contributed by atoms with E-state index in [-0.39, 0.29) is 24.5 Å². The number of urea groups is 1. The molecule has 0 aromatic carbocycles. The molecule has 2 unspecified atom stereocenters. The minimum Gasteiger partial charge on any atom is -0.481 e. The molecule has 0 aliphatic carbocycles. The van der Waals surface area contributed by atoms with Gasteiger partial charge in [-0.1, -0.05) is 0 Å². The Bertz CT molecular complexity index is 503. The summed E-state index contributed by atoms with van der Waals surface area (Å²) in [6.45, 7) is 4.48. The van der Waals surface area contributed by atoms with Gasteiger partial charge in [0.25, 0.3) is 0 Å². The van der Waals surface area contributed by atoms with Crippen LogP contribution in [0, 0.1) is 6.92 Å². The molecule has 0 radical (unpaired) electrons. The SMILES string of the molecule is Cc1cnc(C(C)NC(=O)N2CCCC2CC(=O)O)s1. The first-order chi connectivity index (χ1) is 9.47. The van der Waals surface area contributed by atoms with Crippen molar-refractivity contribution in [2.45, 2.75) is 45.2 Å². The second-order valence-electron chi connectivity index (χ2n) is 5.07. The van der Waals surface area contributed by atoms with E-state index in [4.69, 9.17) is 5.11 Å². The Hall–Kier alpha value is -1.63. The van der Waals surface area contributed by atoms with Gasteiger partial charge in [0.1, 0.15) is 5.01 Å². The van der Waals surface area contributed by atoms with E-state index in [9.17, 15) is 9.59 Å². The number of carbonyl (C=O) groups is 2. The van der Waals surface area contributed by atoms with Crippen molar-refractivity contribution in [1.29, 1.82) is 0 Å². The Morgan fingerprint density at radius 2 is 2.40 bits per heavy atom. The lowest BCUT2D eigenvalue weighted by Gasteiger charge is -2.25. The Balaban J connectivity index is 1.95. The van der Waals surface area contributed by atoms with Crippen molar-refractivity contribution < 1.29 is 14.7 Å². The van der Waals surface area contributed by atoms with Gasteiger partial charge in [0, 0.05) is 23.7 Å². The van der Waals surface area contributed by atoms with Crippen molar-refractivity contribution in [3.8, 4) is 0 Å². The zero-order chi connectivity index (χ0) is 14.7. The van der Waals surface area contributed by atoms with Crippen LogP contribution in [0.4, 0.5) is 4.79 Å². The van der Waals surface area contributed by atoms with Crippen LogP contribution in [0.15, 0.2) is 6.20 Å². The van der Waals surface area contributed by atoms with E-state index in [2.05, 4.69) is 10.3 Å². The monoisotopic (exact) mass is 297 g/mol. The molecule has 1 aliphatic rings. The molecule has 7 heteroatoms. The molecule has 0 saturated carbocycles. The van der Waals surface area contributed by atoms with Gasteiger partial charge in [0.05, 0.1) is 12.5 Å². The van der Waals surface area contributed by atoms with Crippen molar-refractivity contribution in [1.82, 2.24) is 15.2 Å². The molecule has 20 heavy (non-hydrogen) atoms. The highest BCUT2D eigenvalue weighted by molar-refractivity contribution is 7.11. The predicted octanol–water partition coefficient (Wildman–Crippen LogP) is 2.16. The fraction of sp³-hybridized carbons (Fsp3) is 0.615. The lowest BCUT2D eigenvalue weighted by atomic mass is 10.1. The maximum Gasteiger partial charge on any atom is 0.318 e. The van der Waals surface area contributed by atoms with Crippen LogP contribution < -0.4 is 5.32 Å². The molecular weight excluding hydrogens is 278 g/mol. The predicted molar refractivity (Wildman–Crippen MR) is 75.8 cm³/mol. The maximum atomic E-state index is 12.2. The summed E-state index contributed by atoms with van der Waals surface area (Å²) in [7, 11) is 0. The fourth-order valence-electron chi connectivity index (χ4n) is 2.42. The molecular formula is C13H19N3O3S. The average molecular weight is 297 g/mol. The number of hydrogen-bond acceptors (Lipinski definition) is 4. The van der Waals surface area contributed by atoms with Gasteiger partial charge in [0.2, 0.25) is 0 Å². The van der Waals surface area contributed by atoms with Crippen molar-refractivity contribution in [3.63, 3.8) is 0 Å². The van der Waals surface area contributed by atoms with Gasteiger partial charge < -0.3 is 15.3 Å². The number of hydrogen-bond donors (Lipinski definition) is 2. The Kier molecular flexibility index (Phi) is 4.59. The molecule has 1 fully saturated rings. The fourth-order valence-corrected chi connectivity index (χ4v) is 3.20. The first-order valence-corrected chi connectivity index (χ1v) is 7.50. The van der Waals surface area contributed by atoms with Crippen LogP contribution in [0.5, 0.6) is 0 Å². The summed E-state index contributed by atoms with van der Waals surface area (Å²) >= 11 is 1.55. The normalized spacial score (nSPS) is 19.9. The molecule has 2 atom stereocenters. The zero-order valence-corrected chi connectivity index (χ0v) is 12.4. The number of amides is 2. The van der Waals surface area contributed by atoms with E-state index in [1.165, 1.54) is 0 Å². The molecule has 0 bridgehead atoms. The third-order valence-corrected chi connectivity index (χ3v) is 4.49. The van der Waals surface area contributed by atoms with Crippen LogP contribution >= 0.6 is 11.3 Å². The van der Waals surface area contributed by atoms with Crippen LogP contribution in [-0.2, 0) is 4.79 Å². The van der Waals surface area contributed by atoms with Gasteiger partial charge in [-0.3, -0.25) is 4.79 Å². The summed E-state index contributed by atoms with van der Waals surface area (Å²) in [5, 5.41) is 12.6. The second-order valence-corrected chi connectivity index (χ2v) is 6.33. The van der Waals surface area contributed by atoms with E-state index < -0.39 is 5.97 Å². The van der Waals surface area contributed by atoms with Crippen LogP contribution in [-0.4, -0.2) is 39.6 Å². The van der Waals surface area contributed by atoms with Gasteiger partial charge in [-0.2, -0.15) is 0 Å². The van der Waals surface area contributed by atoms with E-state index in [1.807, 2.05) is 13.8 Å². The number of aromatic nitrogens is 1. The first-order valence-electron chi connectivity index (χ1n) is 6.68. The molecule has 0 spiro atoms. The molecule has 1 aliphatic heterocycles. The maximum absolute atomic E-state index is 12.2. The minimum atomic E-state index is -0.863. The van der Waals surface area contributed by atoms with Crippen LogP contribution in [0.2, 0.25) is 0 Å². The molecule has 6 nitrogen and oxygen atoms in total. The summed E-state index contributed by atoms with van der Waals surface area (Å²) in [4.78, 5) is 30.0. The van der Waals surface area contributed by atoms with E-state index >= 15 is 0 Å². The minimum absolute atomic E-state index is 0.0121. The van der Waals surface area contributed by atoms with Crippen molar-refractivity contribution in [3.05, 3.63) is 16.1 Å². The average Bonchev–Trinajstić information content (AvgIpc) is 2.97. The molecule has 2 amide bonds. The molecule has 1 aromatic heterocycles. The first kappa shape index (κ1) is 14.8. The summed E-state index contributed by atoms with van der Waals surface area (Å²) in [6.07, 6.45) is 3.41. The van der Waals surface area contributed by atoms with E-state index in [0.29, 0.717) is 6.54 Å².